The molecule has 0 heterocycles. The number of aryl methyl sites for hydroxylation is 1. The third-order valence-corrected chi connectivity index (χ3v) is 8.04. The lowest BCUT2D eigenvalue weighted by atomic mass is 10.2. The normalized spacial score (nSPS) is 11.5. The van der Waals surface area contributed by atoms with Crippen LogP contribution in [-0.2, 0) is 20.0 Å². The molecule has 0 aliphatic carbocycles. The van der Waals surface area contributed by atoms with Crippen molar-refractivity contribution in [2.45, 2.75) is 16.7 Å². The lowest BCUT2D eigenvalue weighted by Gasteiger charge is -2.11. The predicted molar refractivity (Wildman–Crippen MR) is 140 cm³/mol. The van der Waals surface area contributed by atoms with Crippen molar-refractivity contribution in [3.05, 3.63) is 114 Å². The van der Waals surface area contributed by atoms with Crippen molar-refractivity contribution in [2.75, 3.05) is 14.8 Å². The SMILES string of the molecule is Cc1ccc(S(=O)(=O)Nc2ccc(C(=O)Nc3ccc(S(=O)(=O)Nc4ccc(F)cc4)cc3)cc2)cc1. The quantitative estimate of drug-likeness (QED) is 0.291. The van der Waals surface area contributed by atoms with Gasteiger partial charge < -0.3 is 5.32 Å². The van der Waals surface area contributed by atoms with Crippen LogP contribution in [0.4, 0.5) is 21.5 Å². The lowest BCUT2D eigenvalue weighted by molar-refractivity contribution is 0.102. The number of sulfonamides is 2. The summed E-state index contributed by atoms with van der Waals surface area (Å²) in [4.78, 5) is 12.7. The van der Waals surface area contributed by atoms with Crippen LogP contribution >= 0.6 is 0 Å². The lowest BCUT2D eigenvalue weighted by Crippen LogP contribution is -2.15. The van der Waals surface area contributed by atoms with E-state index in [4.69, 9.17) is 0 Å². The Kier molecular flexibility index (Phi) is 7.28. The molecule has 4 aromatic carbocycles. The molecule has 0 unspecified atom stereocenters. The number of nitrogens with one attached hydrogen (secondary N) is 3. The highest BCUT2D eigenvalue weighted by Crippen LogP contribution is 2.20. The van der Waals surface area contributed by atoms with Gasteiger partial charge in [0.1, 0.15) is 5.82 Å². The van der Waals surface area contributed by atoms with Gasteiger partial charge in [0.25, 0.3) is 26.0 Å². The van der Waals surface area contributed by atoms with E-state index >= 15 is 0 Å². The summed E-state index contributed by atoms with van der Waals surface area (Å²) in [7, 11) is -7.68. The largest absolute Gasteiger partial charge is 0.322 e. The van der Waals surface area contributed by atoms with Gasteiger partial charge in [-0.05, 0) is 91.9 Å². The predicted octanol–water partition coefficient (Wildman–Crippen LogP) is 4.99. The molecular weight excluding hydrogens is 517 g/mol. The molecule has 0 spiro atoms. The molecule has 0 aliphatic heterocycles. The molecule has 8 nitrogen and oxygen atoms in total. The molecule has 3 N–H and O–H groups in total. The molecule has 190 valence electrons. The average Bonchev–Trinajstić information content (AvgIpc) is 2.86. The van der Waals surface area contributed by atoms with E-state index in [0.717, 1.165) is 17.7 Å². The Labute approximate surface area is 214 Å². The molecule has 0 radical (unpaired) electrons. The molecule has 0 aliphatic rings. The number of anilines is 3. The zero-order chi connectivity index (χ0) is 26.6. The summed E-state index contributed by atoms with van der Waals surface area (Å²) >= 11 is 0. The van der Waals surface area contributed by atoms with Crippen LogP contribution in [0.2, 0.25) is 0 Å². The fourth-order valence-corrected chi connectivity index (χ4v) is 5.39. The van der Waals surface area contributed by atoms with Gasteiger partial charge in [-0.1, -0.05) is 17.7 Å². The van der Waals surface area contributed by atoms with Crippen molar-refractivity contribution < 1.29 is 26.0 Å². The van der Waals surface area contributed by atoms with Crippen molar-refractivity contribution in [1.29, 1.82) is 0 Å². The van der Waals surface area contributed by atoms with Crippen molar-refractivity contribution >= 4 is 43.0 Å². The number of halogens is 1. The highest BCUT2D eigenvalue weighted by atomic mass is 32.2. The van der Waals surface area contributed by atoms with Gasteiger partial charge >= 0.3 is 0 Å². The Hall–Kier alpha value is -4.22. The van der Waals surface area contributed by atoms with Crippen LogP contribution in [0.1, 0.15) is 15.9 Å². The van der Waals surface area contributed by atoms with Crippen molar-refractivity contribution in [2.24, 2.45) is 0 Å². The highest BCUT2D eigenvalue weighted by molar-refractivity contribution is 7.93. The summed E-state index contributed by atoms with van der Waals surface area (Å²) in [6, 6.07) is 22.7. The maximum Gasteiger partial charge on any atom is 0.261 e. The Morgan fingerprint density at radius 1 is 0.595 bits per heavy atom. The molecule has 0 bridgehead atoms. The van der Waals surface area contributed by atoms with E-state index in [1.165, 1.54) is 72.8 Å². The fraction of sp³-hybridized carbons (Fsp3) is 0.0385. The maximum absolute atomic E-state index is 13.0. The minimum absolute atomic E-state index is 0.0416. The van der Waals surface area contributed by atoms with Gasteiger partial charge in [-0.2, -0.15) is 0 Å². The van der Waals surface area contributed by atoms with Gasteiger partial charge in [0.2, 0.25) is 0 Å². The van der Waals surface area contributed by atoms with Crippen LogP contribution in [0.15, 0.2) is 107 Å². The Morgan fingerprint density at radius 2 is 1.00 bits per heavy atom. The Morgan fingerprint density at radius 3 is 1.49 bits per heavy atom. The first-order valence-corrected chi connectivity index (χ1v) is 13.9. The molecular formula is C26H22FN3O5S2. The van der Waals surface area contributed by atoms with Crippen LogP contribution in [0.5, 0.6) is 0 Å². The number of hydrogen-bond acceptors (Lipinski definition) is 5. The van der Waals surface area contributed by atoms with Crippen LogP contribution < -0.4 is 14.8 Å². The number of amides is 1. The average molecular weight is 540 g/mol. The third-order valence-electron chi connectivity index (χ3n) is 5.25. The summed E-state index contributed by atoms with van der Waals surface area (Å²) in [6.45, 7) is 1.86. The van der Waals surface area contributed by atoms with E-state index in [1.54, 1.807) is 12.1 Å². The molecule has 37 heavy (non-hydrogen) atoms. The zero-order valence-electron chi connectivity index (χ0n) is 19.5. The molecule has 0 fully saturated rings. The van der Waals surface area contributed by atoms with Crippen LogP contribution in [0, 0.1) is 12.7 Å². The van der Waals surface area contributed by atoms with E-state index in [9.17, 15) is 26.0 Å². The first-order valence-electron chi connectivity index (χ1n) is 10.9. The minimum Gasteiger partial charge on any atom is -0.322 e. The number of rotatable bonds is 8. The summed E-state index contributed by atoms with van der Waals surface area (Å²) in [5.74, 6) is -0.950. The summed E-state index contributed by atoms with van der Waals surface area (Å²) in [5, 5.41) is 2.66. The number of hydrogen-bond donors (Lipinski definition) is 3. The minimum atomic E-state index is -3.91. The fourth-order valence-electron chi connectivity index (χ4n) is 3.27. The van der Waals surface area contributed by atoms with Gasteiger partial charge in [-0.15, -0.1) is 0 Å². The standard InChI is InChI=1S/C26H22FN3O5S2/c1-18-2-14-24(15-3-18)36(32,33)29-22-8-4-19(5-9-22)26(31)28-21-12-16-25(17-13-21)37(34,35)30-23-10-6-20(27)7-11-23/h2-17,29-30H,1H3,(H,28,31). The van der Waals surface area contributed by atoms with Crippen LogP contribution in [0.3, 0.4) is 0 Å². The molecule has 0 saturated heterocycles. The second-order valence-electron chi connectivity index (χ2n) is 8.09. The smallest absolute Gasteiger partial charge is 0.261 e. The second-order valence-corrected chi connectivity index (χ2v) is 11.5. The topological polar surface area (TPSA) is 121 Å². The molecule has 0 aromatic heterocycles. The van der Waals surface area contributed by atoms with Crippen LogP contribution in [0.25, 0.3) is 0 Å². The van der Waals surface area contributed by atoms with Gasteiger partial charge in [-0.3, -0.25) is 14.2 Å². The van der Waals surface area contributed by atoms with Gasteiger partial charge in [0.15, 0.2) is 0 Å². The van der Waals surface area contributed by atoms with E-state index in [1.807, 2.05) is 6.92 Å². The number of benzene rings is 4. The number of carbonyl (C=O) groups excluding carboxylic acids is 1. The molecule has 4 aromatic rings. The molecule has 4 rings (SSSR count). The molecule has 1 amide bonds. The Balaban J connectivity index is 1.39. The number of carbonyl (C=O) groups is 1. The molecule has 11 heteroatoms. The summed E-state index contributed by atoms with van der Waals surface area (Å²) < 4.78 is 68.0. The van der Waals surface area contributed by atoms with Gasteiger partial charge in [0, 0.05) is 22.6 Å². The highest BCUT2D eigenvalue weighted by Gasteiger charge is 2.16. The van der Waals surface area contributed by atoms with E-state index in [2.05, 4.69) is 14.8 Å². The third kappa shape index (κ3) is 6.51. The van der Waals surface area contributed by atoms with Gasteiger partial charge in [-0.25, -0.2) is 21.2 Å². The molecule has 0 atom stereocenters. The van der Waals surface area contributed by atoms with E-state index in [-0.39, 0.29) is 21.0 Å². The summed E-state index contributed by atoms with van der Waals surface area (Å²) in [6.07, 6.45) is 0. The maximum atomic E-state index is 13.0. The van der Waals surface area contributed by atoms with Crippen molar-refractivity contribution in [3.63, 3.8) is 0 Å². The Bertz CT molecular complexity index is 1620. The van der Waals surface area contributed by atoms with Crippen molar-refractivity contribution in [3.8, 4) is 0 Å². The van der Waals surface area contributed by atoms with Gasteiger partial charge in [0.05, 0.1) is 9.79 Å². The second kappa shape index (κ2) is 10.4. The monoisotopic (exact) mass is 539 g/mol. The molecule has 0 saturated carbocycles. The van der Waals surface area contributed by atoms with E-state index < -0.39 is 31.8 Å². The first-order chi connectivity index (χ1) is 17.5. The summed E-state index contributed by atoms with van der Waals surface area (Å²) in [5.41, 5.74) is 2.07. The van der Waals surface area contributed by atoms with Crippen LogP contribution in [-0.4, -0.2) is 22.7 Å². The van der Waals surface area contributed by atoms with Crippen molar-refractivity contribution in [1.82, 2.24) is 0 Å². The zero-order valence-corrected chi connectivity index (χ0v) is 21.1. The first kappa shape index (κ1) is 25.9. The van der Waals surface area contributed by atoms with E-state index in [0.29, 0.717) is 11.4 Å².